The van der Waals surface area contributed by atoms with Crippen molar-refractivity contribution in [2.45, 2.75) is 33.1 Å². The van der Waals surface area contributed by atoms with Crippen LogP contribution in [0.15, 0.2) is 63.7 Å². The lowest BCUT2D eigenvalue weighted by Gasteiger charge is -2.14. The van der Waals surface area contributed by atoms with Gasteiger partial charge < -0.3 is 0 Å². The van der Waals surface area contributed by atoms with Crippen LogP contribution in [0, 0.1) is 13.8 Å². The van der Waals surface area contributed by atoms with Crippen molar-refractivity contribution in [3.8, 4) is 0 Å². The van der Waals surface area contributed by atoms with E-state index in [9.17, 15) is 0 Å². The van der Waals surface area contributed by atoms with E-state index in [1.54, 1.807) is 0 Å². The highest BCUT2D eigenvalue weighted by atomic mass is 32.2. The number of nitrogens with zero attached hydrogens (tertiary/aromatic N) is 1. The first kappa shape index (κ1) is 25.5. The van der Waals surface area contributed by atoms with E-state index in [1.165, 1.54) is 64.3 Å². The van der Waals surface area contributed by atoms with E-state index in [2.05, 4.69) is 87.9 Å². The molecule has 4 nitrogen and oxygen atoms in total. The highest BCUT2D eigenvalue weighted by Crippen LogP contribution is 2.44. The molecule has 0 radical (unpaired) electrons. The second kappa shape index (κ2) is 11.1. The Bertz CT molecular complexity index is 1620. The third kappa shape index (κ3) is 4.52. The van der Waals surface area contributed by atoms with Crippen molar-refractivity contribution >= 4 is 94.7 Å². The van der Waals surface area contributed by atoms with Gasteiger partial charge in [-0.3, -0.25) is 15.4 Å². The molecule has 0 atom stereocenters. The van der Waals surface area contributed by atoms with Gasteiger partial charge in [-0.15, -0.1) is 22.7 Å². The second-order valence-corrected chi connectivity index (χ2v) is 11.2. The molecular weight excluding hydrogens is 521 g/mol. The summed E-state index contributed by atoms with van der Waals surface area (Å²) in [5.41, 5.74) is 9.13. The van der Waals surface area contributed by atoms with Gasteiger partial charge in [0.25, 0.3) is 0 Å². The van der Waals surface area contributed by atoms with Gasteiger partial charge in [0.05, 0.1) is 17.8 Å². The van der Waals surface area contributed by atoms with E-state index >= 15 is 0 Å². The van der Waals surface area contributed by atoms with Crippen molar-refractivity contribution < 1.29 is 0 Å². The number of allylic oxidation sites excluding steroid dienone is 8. The van der Waals surface area contributed by atoms with Crippen molar-refractivity contribution in [2.24, 2.45) is 19.8 Å². The van der Waals surface area contributed by atoms with Gasteiger partial charge in [-0.25, -0.2) is 4.40 Å². The van der Waals surface area contributed by atoms with Gasteiger partial charge >= 0.3 is 0 Å². The van der Waals surface area contributed by atoms with Gasteiger partial charge in [-0.05, 0) is 94.8 Å². The average molecular weight is 549 g/mol. The molecule has 2 heterocycles. The Labute approximate surface area is 228 Å². The summed E-state index contributed by atoms with van der Waals surface area (Å²) in [5, 5.41) is 24.9. The largest absolute Gasteiger partial charge is 0.265 e. The van der Waals surface area contributed by atoms with Crippen LogP contribution in [-0.2, 0) is 0 Å². The van der Waals surface area contributed by atoms with Gasteiger partial charge in [0.1, 0.15) is 0 Å². The number of hydrogen-bond acceptors (Lipinski definition) is 8. The summed E-state index contributed by atoms with van der Waals surface area (Å²) in [6.07, 6.45) is 16.3. The zero-order valence-electron chi connectivity index (χ0n) is 20.2. The van der Waals surface area contributed by atoms with Crippen LogP contribution in [0.3, 0.4) is 0 Å². The van der Waals surface area contributed by atoms with Crippen LogP contribution in [0.4, 0.5) is 0 Å². The molecule has 6 N–H and O–H groups in total. The Morgan fingerprint density at radius 2 is 1.42 bits per heavy atom. The average Bonchev–Trinajstić information content (AvgIpc) is 3.52. The van der Waals surface area contributed by atoms with E-state index in [0.29, 0.717) is 0 Å². The summed E-state index contributed by atoms with van der Waals surface area (Å²) in [7, 11) is 0. The summed E-state index contributed by atoms with van der Waals surface area (Å²) in [6.45, 7) is 4.57. The van der Waals surface area contributed by atoms with Gasteiger partial charge in [0.2, 0.25) is 0 Å². The third-order valence-corrected chi connectivity index (χ3v) is 9.41. The standard InChI is InChI=1S/C28H24N2S3.H4N2S/c1-16-21-13-23-25(19-10-6-7-11-26(19)30-33-29)15-32-28(23)17(2)20(21)12-22-24(14-31-27(16)22)18-8-4-3-5-9-18;1-3-2/h3-4,6-8,10,12-15H,5,9,11,29H2,1-2H3;1-2H2/b30-26+;. The molecular formula is C28H28N4S4. The fourth-order valence-electron chi connectivity index (χ4n) is 5.14. The molecule has 0 amide bonds. The minimum atomic E-state index is 0.750. The zero-order valence-corrected chi connectivity index (χ0v) is 23.5. The topological polar surface area (TPSA) is 90.4 Å². The van der Waals surface area contributed by atoms with Crippen LogP contribution in [0.2, 0.25) is 0 Å². The molecule has 2 aliphatic rings. The lowest BCUT2D eigenvalue weighted by Crippen LogP contribution is -2.03. The van der Waals surface area contributed by atoms with E-state index in [0.717, 1.165) is 49.2 Å². The predicted molar refractivity (Wildman–Crippen MR) is 167 cm³/mol. The fourth-order valence-corrected chi connectivity index (χ4v) is 7.61. The fraction of sp³-hybridized carbons (Fsp3) is 0.179. The maximum Gasteiger partial charge on any atom is 0.0618 e. The Morgan fingerprint density at radius 1 is 0.806 bits per heavy atom. The highest BCUT2D eigenvalue weighted by molar-refractivity contribution is 7.96. The lowest BCUT2D eigenvalue weighted by molar-refractivity contribution is 1.06. The molecule has 0 fully saturated rings. The van der Waals surface area contributed by atoms with Crippen molar-refractivity contribution in [1.29, 1.82) is 0 Å². The van der Waals surface area contributed by atoms with Crippen LogP contribution in [-0.4, -0.2) is 5.71 Å². The van der Waals surface area contributed by atoms with E-state index in [1.807, 2.05) is 22.7 Å². The monoisotopic (exact) mass is 548 g/mol. The van der Waals surface area contributed by atoms with Crippen molar-refractivity contribution in [2.75, 3.05) is 0 Å². The first-order chi connectivity index (χ1) is 17.6. The zero-order chi connectivity index (χ0) is 25.2. The molecule has 0 unspecified atom stereocenters. The van der Waals surface area contributed by atoms with Crippen LogP contribution in [0.1, 0.15) is 41.5 Å². The van der Waals surface area contributed by atoms with Crippen LogP contribution in [0.5, 0.6) is 0 Å². The number of aryl methyl sites for hydroxylation is 2. The van der Waals surface area contributed by atoms with Gasteiger partial charge in [-0.1, -0.05) is 36.5 Å². The number of rotatable bonds is 3. The van der Waals surface area contributed by atoms with Gasteiger partial charge in [0, 0.05) is 37.7 Å². The Balaban J connectivity index is 0.000000848. The first-order valence-electron chi connectivity index (χ1n) is 11.7. The van der Waals surface area contributed by atoms with Crippen LogP contribution < -0.4 is 15.4 Å². The molecule has 8 heteroatoms. The van der Waals surface area contributed by atoms with Crippen molar-refractivity contribution in [3.05, 3.63) is 81.6 Å². The Morgan fingerprint density at radius 3 is 2.03 bits per heavy atom. The molecule has 4 aromatic rings. The highest BCUT2D eigenvalue weighted by Gasteiger charge is 2.20. The number of fused-ring (bicyclic) bond motifs is 3. The normalized spacial score (nSPS) is 16.5. The van der Waals surface area contributed by atoms with Crippen molar-refractivity contribution in [1.82, 2.24) is 0 Å². The lowest BCUT2D eigenvalue weighted by atomic mass is 9.90. The molecule has 2 aromatic carbocycles. The number of benzene rings is 2. The minimum absolute atomic E-state index is 0.750. The molecule has 36 heavy (non-hydrogen) atoms. The van der Waals surface area contributed by atoms with E-state index in [-0.39, 0.29) is 0 Å². The molecule has 2 aliphatic carbocycles. The molecule has 184 valence electrons. The maximum absolute atomic E-state index is 5.69. The minimum Gasteiger partial charge on any atom is -0.265 e. The molecule has 0 saturated heterocycles. The molecule has 0 aliphatic heterocycles. The molecule has 0 saturated carbocycles. The van der Waals surface area contributed by atoms with E-state index in [4.69, 9.17) is 5.14 Å². The van der Waals surface area contributed by atoms with Crippen LogP contribution >= 0.6 is 46.9 Å². The molecule has 0 bridgehead atoms. The molecule has 0 spiro atoms. The molecule has 2 aromatic heterocycles. The van der Waals surface area contributed by atoms with Gasteiger partial charge in [-0.2, -0.15) is 0 Å². The first-order valence-corrected chi connectivity index (χ1v) is 15.2. The Hall–Kier alpha value is -2.17. The van der Waals surface area contributed by atoms with Gasteiger partial charge in [0.15, 0.2) is 0 Å². The summed E-state index contributed by atoms with van der Waals surface area (Å²) in [4.78, 5) is 0. The summed E-state index contributed by atoms with van der Waals surface area (Å²) >= 11 is 5.52. The van der Waals surface area contributed by atoms with E-state index < -0.39 is 0 Å². The third-order valence-electron chi connectivity index (χ3n) is 6.85. The van der Waals surface area contributed by atoms with Crippen LogP contribution in [0.25, 0.3) is 42.1 Å². The SMILES string of the molecule is Cc1c2cc3c(C4=CC=CC/C4=N\SN)csc3c(C)c2cc2c(C3=CC=CCC3)csc12.NSN. The summed E-state index contributed by atoms with van der Waals surface area (Å²) in [5.74, 6) is 0. The number of hydrogen-bond donors (Lipinski definition) is 3. The number of thiophene rings is 2. The smallest absolute Gasteiger partial charge is 0.0618 e. The second-order valence-electron chi connectivity index (χ2n) is 8.80. The molecule has 6 rings (SSSR count). The Kier molecular flexibility index (Phi) is 7.83. The van der Waals surface area contributed by atoms with Crippen molar-refractivity contribution in [3.63, 3.8) is 0 Å². The number of nitrogens with two attached hydrogens (primary N) is 3. The quantitative estimate of drug-likeness (QED) is 0.224. The summed E-state index contributed by atoms with van der Waals surface area (Å²) in [6, 6.07) is 4.85. The predicted octanol–water partition coefficient (Wildman–Crippen LogP) is 8.39. The maximum atomic E-state index is 5.69. The summed E-state index contributed by atoms with van der Waals surface area (Å²) < 4.78 is 7.28.